The number of aryl methyl sites for hydroxylation is 1. The summed E-state index contributed by atoms with van der Waals surface area (Å²) in [7, 11) is 1.58. The first-order valence-corrected chi connectivity index (χ1v) is 18.1. The molecule has 4 aromatic rings. The first-order valence-electron chi connectivity index (χ1n) is 16.4. The van der Waals surface area contributed by atoms with Gasteiger partial charge in [-0.15, -0.1) is 11.8 Å². The second-order valence-electron chi connectivity index (χ2n) is 13.0. The normalized spacial score (nSPS) is 26.3. The number of anilines is 2. The van der Waals surface area contributed by atoms with Gasteiger partial charge >= 0.3 is 4.87 Å². The first kappa shape index (κ1) is 31.7. The van der Waals surface area contributed by atoms with Crippen molar-refractivity contribution in [3.63, 3.8) is 0 Å². The lowest BCUT2D eigenvalue weighted by atomic mass is 9.68. The number of carbonyl (C=O) groups is 3. The van der Waals surface area contributed by atoms with Gasteiger partial charge in [0.25, 0.3) is 5.91 Å². The molecule has 2 saturated carbocycles. The number of aromatic amines is 1. The molecule has 3 heterocycles. The quantitative estimate of drug-likeness (QED) is 0.209. The maximum absolute atomic E-state index is 14.1. The minimum Gasteiger partial charge on any atom is -0.497 e. The summed E-state index contributed by atoms with van der Waals surface area (Å²) in [5, 5.41) is 3.73. The molecule has 3 aromatic carbocycles. The van der Waals surface area contributed by atoms with Crippen LogP contribution >= 0.6 is 23.1 Å². The zero-order valence-electron chi connectivity index (χ0n) is 27.1. The molecule has 1 aromatic heterocycles. The standard InChI is InChI=1S/C37H35N3O7S2/c1-4-46-26-15-19(7-14-25(26)47-17-27(41)38-20-8-12-22(45-3)13-9-20)28-29-23-16-24(32(29)48-34-33(28)49-37(44)39-34)31-30(23)35(42)40(36(31)43)21-10-5-18(2)6-11-21/h5-15,23-24,28-32H,4,16-17H2,1-3H3,(H,38,41)(H,39,44)/t23-,24-,28-,29?,30?,31?,32?/m1/s1. The fourth-order valence-corrected chi connectivity index (χ4v) is 11.3. The van der Waals surface area contributed by atoms with Gasteiger partial charge in [-0.25, -0.2) is 0 Å². The molecule has 4 unspecified atom stereocenters. The summed E-state index contributed by atoms with van der Waals surface area (Å²) < 4.78 is 17.2. The Morgan fingerprint density at radius 2 is 1.67 bits per heavy atom. The van der Waals surface area contributed by atoms with Crippen molar-refractivity contribution in [1.29, 1.82) is 0 Å². The lowest BCUT2D eigenvalue weighted by Crippen LogP contribution is -2.42. The van der Waals surface area contributed by atoms with Crippen LogP contribution in [-0.2, 0) is 14.4 Å². The van der Waals surface area contributed by atoms with E-state index in [2.05, 4.69) is 10.3 Å². The predicted octanol–water partition coefficient (Wildman–Crippen LogP) is 5.85. The number of H-pyrrole nitrogens is 1. The summed E-state index contributed by atoms with van der Waals surface area (Å²) in [6, 6.07) is 20.3. The van der Waals surface area contributed by atoms with E-state index in [1.807, 2.05) is 56.3 Å². The number of rotatable bonds is 9. The van der Waals surface area contributed by atoms with Crippen LogP contribution in [0.2, 0.25) is 0 Å². The molecular formula is C37H35N3O7S2. The van der Waals surface area contributed by atoms with Crippen LogP contribution in [-0.4, -0.2) is 48.3 Å². The summed E-state index contributed by atoms with van der Waals surface area (Å²) >= 11 is 2.87. The summed E-state index contributed by atoms with van der Waals surface area (Å²) in [6.45, 7) is 4.02. The number of hydrogen-bond acceptors (Lipinski definition) is 9. The maximum atomic E-state index is 14.1. The van der Waals surface area contributed by atoms with Crippen LogP contribution in [0.25, 0.3) is 0 Å². The van der Waals surface area contributed by atoms with Gasteiger partial charge in [0.1, 0.15) is 5.75 Å². The van der Waals surface area contributed by atoms with Crippen molar-refractivity contribution >= 4 is 52.2 Å². The molecule has 3 amide bonds. The van der Waals surface area contributed by atoms with Gasteiger partial charge in [-0.2, -0.15) is 0 Å². The summed E-state index contributed by atoms with van der Waals surface area (Å²) in [6.07, 6.45) is 0.801. The van der Waals surface area contributed by atoms with E-state index in [1.54, 1.807) is 43.1 Å². The number of fused-ring (bicyclic) bond motifs is 9. The predicted molar refractivity (Wildman–Crippen MR) is 187 cm³/mol. The third-order valence-electron chi connectivity index (χ3n) is 10.4. The number of methoxy groups -OCH3 is 1. The molecule has 3 fully saturated rings. The number of hydrogen-bond donors (Lipinski definition) is 2. The van der Waals surface area contributed by atoms with Crippen molar-refractivity contribution < 1.29 is 28.6 Å². The highest BCUT2D eigenvalue weighted by Crippen LogP contribution is 2.68. The second kappa shape index (κ2) is 12.4. The monoisotopic (exact) mass is 697 g/mol. The minimum atomic E-state index is -0.390. The lowest BCUT2D eigenvalue weighted by Gasteiger charge is -2.43. The number of nitrogens with one attached hydrogen (secondary N) is 2. The molecule has 10 nitrogen and oxygen atoms in total. The molecular weight excluding hydrogens is 663 g/mol. The topological polar surface area (TPSA) is 127 Å². The number of carbonyl (C=O) groups excluding carboxylic acids is 3. The Balaban J connectivity index is 1.08. The highest BCUT2D eigenvalue weighted by Gasteiger charge is 2.69. The average molecular weight is 698 g/mol. The number of imide groups is 1. The van der Waals surface area contributed by atoms with Crippen molar-refractivity contribution in [3.8, 4) is 17.2 Å². The molecule has 8 rings (SSSR count). The summed E-state index contributed by atoms with van der Waals surface area (Å²) in [5.74, 6) is 0.192. The Morgan fingerprint density at radius 3 is 2.39 bits per heavy atom. The van der Waals surface area contributed by atoms with Crippen molar-refractivity contribution in [1.82, 2.24) is 4.98 Å². The minimum absolute atomic E-state index is 0.0112. The van der Waals surface area contributed by atoms with Crippen LogP contribution in [0.15, 0.2) is 76.6 Å². The molecule has 2 aliphatic carbocycles. The molecule has 2 bridgehead atoms. The van der Waals surface area contributed by atoms with E-state index in [0.29, 0.717) is 35.2 Å². The zero-order valence-corrected chi connectivity index (χ0v) is 28.8. The lowest BCUT2D eigenvalue weighted by molar-refractivity contribution is -0.123. The summed E-state index contributed by atoms with van der Waals surface area (Å²) in [4.78, 5) is 58.7. The van der Waals surface area contributed by atoms with E-state index in [1.165, 1.54) is 16.2 Å². The molecule has 4 aliphatic rings. The second-order valence-corrected chi connectivity index (χ2v) is 15.2. The van der Waals surface area contributed by atoms with Crippen LogP contribution in [0.4, 0.5) is 11.4 Å². The van der Waals surface area contributed by atoms with E-state index in [-0.39, 0.29) is 64.0 Å². The number of ether oxygens (including phenoxy) is 3. The third kappa shape index (κ3) is 5.32. The molecule has 0 radical (unpaired) electrons. The molecule has 2 aliphatic heterocycles. The highest BCUT2D eigenvalue weighted by atomic mass is 32.2. The Hall–Kier alpha value is -4.55. The van der Waals surface area contributed by atoms with Gasteiger partial charge in [0, 0.05) is 21.7 Å². The summed E-state index contributed by atoms with van der Waals surface area (Å²) in [5.41, 5.74) is 3.26. The molecule has 49 heavy (non-hydrogen) atoms. The van der Waals surface area contributed by atoms with Gasteiger partial charge in [0.05, 0.1) is 36.3 Å². The number of nitrogens with zero attached hydrogens (tertiary/aromatic N) is 1. The van der Waals surface area contributed by atoms with Crippen LogP contribution < -0.4 is 29.3 Å². The Labute approximate surface area is 291 Å². The van der Waals surface area contributed by atoms with Gasteiger partial charge in [-0.05, 0) is 92.1 Å². The van der Waals surface area contributed by atoms with E-state index in [0.717, 1.165) is 27.5 Å². The van der Waals surface area contributed by atoms with Crippen molar-refractivity contribution in [2.24, 2.45) is 29.6 Å². The first-order chi connectivity index (χ1) is 23.7. The fraction of sp³-hybridized carbons (Fsp3) is 0.351. The van der Waals surface area contributed by atoms with Crippen LogP contribution in [0, 0.1) is 36.5 Å². The molecule has 7 atom stereocenters. The number of thiazole rings is 1. The fourth-order valence-electron chi connectivity index (χ4n) is 8.46. The molecule has 1 saturated heterocycles. The Kier molecular flexibility index (Phi) is 8.02. The van der Waals surface area contributed by atoms with Crippen molar-refractivity contribution in [2.45, 2.75) is 36.5 Å². The van der Waals surface area contributed by atoms with Crippen molar-refractivity contribution in [2.75, 3.05) is 30.5 Å². The largest absolute Gasteiger partial charge is 0.497 e. The van der Waals surface area contributed by atoms with Gasteiger partial charge in [0.2, 0.25) is 11.8 Å². The third-order valence-corrected chi connectivity index (χ3v) is 13.0. The Morgan fingerprint density at radius 1 is 0.939 bits per heavy atom. The van der Waals surface area contributed by atoms with Crippen LogP contribution in [0.3, 0.4) is 0 Å². The van der Waals surface area contributed by atoms with E-state index in [4.69, 9.17) is 14.2 Å². The molecule has 2 N–H and O–H groups in total. The van der Waals surface area contributed by atoms with Crippen LogP contribution in [0.1, 0.15) is 35.3 Å². The SMILES string of the molecule is CCOc1cc([C@H]2c3sc(=O)[nH]c3SC3C2[C@H]2C[C@@H]3C3C(=O)N(c4ccc(C)cc4)C(=O)C32)ccc1OCC(=O)Nc1ccc(OC)cc1. The smallest absolute Gasteiger partial charge is 0.305 e. The number of aromatic nitrogens is 1. The molecule has 252 valence electrons. The van der Waals surface area contributed by atoms with E-state index in [9.17, 15) is 19.2 Å². The Bertz CT molecular complexity index is 2010. The molecule has 0 spiro atoms. The van der Waals surface area contributed by atoms with Crippen molar-refractivity contribution in [3.05, 3.63) is 92.4 Å². The van der Waals surface area contributed by atoms with Crippen LogP contribution in [0.5, 0.6) is 17.2 Å². The van der Waals surface area contributed by atoms with E-state index >= 15 is 0 Å². The van der Waals surface area contributed by atoms with Gasteiger partial charge in [-0.3, -0.25) is 24.1 Å². The van der Waals surface area contributed by atoms with Gasteiger partial charge in [-0.1, -0.05) is 35.1 Å². The molecule has 12 heteroatoms. The number of amides is 3. The maximum Gasteiger partial charge on any atom is 0.305 e. The number of benzene rings is 3. The van der Waals surface area contributed by atoms with E-state index < -0.39 is 5.92 Å². The van der Waals surface area contributed by atoms with Gasteiger partial charge < -0.3 is 24.5 Å². The highest BCUT2D eigenvalue weighted by molar-refractivity contribution is 8.00. The zero-order chi connectivity index (χ0) is 34.0. The average Bonchev–Trinajstić information content (AvgIpc) is 3.84. The van der Waals surface area contributed by atoms with Gasteiger partial charge in [0.15, 0.2) is 18.1 Å². The number of thioether (sulfide) groups is 1.